The minimum Gasteiger partial charge on any atom is -0.493 e. The molecule has 1 aliphatic rings. The maximum Gasteiger partial charge on any atom is 0.273 e. The van der Waals surface area contributed by atoms with Gasteiger partial charge in [-0.2, -0.15) is 4.99 Å². The van der Waals surface area contributed by atoms with Crippen LogP contribution in [-0.2, 0) is 9.59 Å². The van der Waals surface area contributed by atoms with Crippen LogP contribution in [0.3, 0.4) is 0 Å². The molecule has 0 aliphatic carbocycles. The Bertz CT molecular complexity index is 540. The lowest BCUT2D eigenvalue weighted by atomic mass is 10.2. The number of nitrogens with one attached hydrogen (secondary N) is 1. The van der Waals surface area contributed by atoms with Gasteiger partial charge in [0.15, 0.2) is 6.04 Å². The van der Waals surface area contributed by atoms with Gasteiger partial charge in [0, 0.05) is 6.42 Å². The van der Waals surface area contributed by atoms with E-state index in [1.54, 1.807) is 0 Å². The van der Waals surface area contributed by atoms with Gasteiger partial charge in [0.1, 0.15) is 11.6 Å². The van der Waals surface area contributed by atoms with Crippen LogP contribution in [0.15, 0.2) is 29.3 Å². The molecule has 1 aromatic carbocycles. The highest BCUT2D eigenvalue weighted by Crippen LogP contribution is 2.12. The molecule has 1 unspecified atom stereocenters. The smallest absolute Gasteiger partial charge is 0.273 e. The molecule has 0 saturated heterocycles. The van der Waals surface area contributed by atoms with E-state index >= 15 is 0 Å². The van der Waals surface area contributed by atoms with Gasteiger partial charge in [0.25, 0.3) is 11.8 Å². The first-order valence-corrected chi connectivity index (χ1v) is 5.93. The van der Waals surface area contributed by atoms with E-state index in [0.717, 1.165) is 11.3 Å². The quantitative estimate of drug-likeness (QED) is 0.754. The first kappa shape index (κ1) is 13.2. The second-order valence-electron chi connectivity index (χ2n) is 4.28. The van der Waals surface area contributed by atoms with Crippen molar-refractivity contribution in [3.8, 4) is 5.75 Å². The van der Waals surface area contributed by atoms with E-state index in [2.05, 4.69) is 10.3 Å². The monoisotopic (exact) mass is 261 g/mol. The second-order valence-corrected chi connectivity index (χ2v) is 4.28. The standard InChI is InChI=1S/C13H15N3O3/c1-8-3-2-4-9(7-8)19-6-5-10-15-12(17)11(14)13(18)16-10/h2-4,7,11H,5-6,14H2,1H3,(H,15,16,17,18). The fourth-order valence-corrected chi connectivity index (χ4v) is 1.65. The molecule has 0 aromatic heterocycles. The van der Waals surface area contributed by atoms with Gasteiger partial charge in [-0.3, -0.25) is 9.59 Å². The van der Waals surface area contributed by atoms with Gasteiger partial charge >= 0.3 is 0 Å². The summed E-state index contributed by atoms with van der Waals surface area (Å²) in [6.45, 7) is 2.30. The topological polar surface area (TPSA) is 93.8 Å². The molecule has 19 heavy (non-hydrogen) atoms. The van der Waals surface area contributed by atoms with Crippen molar-refractivity contribution in [2.24, 2.45) is 10.7 Å². The number of hydrogen-bond donors (Lipinski definition) is 2. The van der Waals surface area contributed by atoms with Crippen molar-refractivity contribution in [1.29, 1.82) is 0 Å². The number of aryl methyl sites for hydroxylation is 1. The highest BCUT2D eigenvalue weighted by atomic mass is 16.5. The number of amides is 2. The molecule has 1 atom stereocenters. The average molecular weight is 261 g/mol. The third-order valence-corrected chi connectivity index (χ3v) is 2.66. The summed E-state index contributed by atoms with van der Waals surface area (Å²) in [5, 5.41) is 2.48. The first-order valence-electron chi connectivity index (χ1n) is 5.93. The largest absolute Gasteiger partial charge is 0.493 e. The summed E-state index contributed by atoms with van der Waals surface area (Å²) < 4.78 is 5.51. The summed E-state index contributed by atoms with van der Waals surface area (Å²) >= 11 is 0. The minimum atomic E-state index is -1.19. The van der Waals surface area contributed by atoms with Crippen LogP contribution >= 0.6 is 0 Å². The number of benzene rings is 1. The Balaban J connectivity index is 1.88. The van der Waals surface area contributed by atoms with Crippen molar-refractivity contribution in [2.75, 3.05) is 6.61 Å². The lowest BCUT2D eigenvalue weighted by Crippen LogP contribution is -2.52. The van der Waals surface area contributed by atoms with Gasteiger partial charge in [-0.15, -0.1) is 0 Å². The third kappa shape index (κ3) is 3.38. The van der Waals surface area contributed by atoms with Crippen LogP contribution in [0.5, 0.6) is 5.75 Å². The van der Waals surface area contributed by atoms with Crippen molar-refractivity contribution in [3.63, 3.8) is 0 Å². The Morgan fingerprint density at radius 1 is 1.42 bits per heavy atom. The summed E-state index contributed by atoms with van der Waals surface area (Å²) in [6.07, 6.45) is 0.345. The van der Waals surface area contributed by atoms with Crippen molar-refractivity contribution in [3.05, 3.63) is 29.8 Å². The lowest BCUT2D eigenvalue weighted by molar-refractivity contribution is -0.129. The maximum atomic E-state index is 11.3. The van der Waals surface area contributed by atoms with Crippen LogP contribution < -0.4 is 15.8 Å². The Hall–Kier alpha value is -2.21. The van der Waals surface area contributed by atoms with E-state index in [1.807, 2.05) is 31.2 Å². The predicted molar refractivity (Wildman–Crippen MR) is 69.9 cm³/mol. The number of aliphatic imine (C=N–C) groups is 1. The minimum absolute atomic E-state index is 0.296. The zero-order valence-electron chi connectivity index (χ0n) is 10.6. The number of hydrogen-bond acceptors (Lipinski definition) is 4. The first-order chi connectivity index (χ1) is 9.06. The number of nitrogens with zero attached hydrogens (tertiary/aromatic N) is 1. The van der Waals surface area contributed by atoms with E-state index in [1.165, 1.54) is 0 Å². The molecule has 1 aromatic rings. The van der Waals surface area contributed by atoms with E-state index in [9.17, 15) is 9.59 Å². The third-order valence-electron chi connectivity index (χ3n) is 2.66. The Morgan fingerprint density at radius 3 is 2.89 bits per heavy atom. The molecular weight excluding hydrogens is 246 g/mol. The van der Waals surface area contributed by atoms with Gasteiger partial charge in [-0.1, -0.05) is 12.1 Å². The number of rotatable bonds is 4. The van der Waals surface area contributed by atoms with Crippen LogP contribution in [0, 0.1) is 6.92 Å². The van der Waals surface area contributed by atoms with Gasteiger partial charge in [0.2, 0.25) is 0 Å². The van der Waals surface area contributed by atoms with Gasteiger partial charge in [-0.05, 0) is 24.6 Å². The van der Waals surface area contributed by atoms with Crippen LogP contribution in [0.25, 0.3) is 0 Å². The molecular formula is C13H15N3O3. The molecule has 100 valence electrons. The fourth-order valence-electron chi connectivity index (χ4n) is 1.65. The van der Waals surface area contributed by atoms with Crippen molar-refractivity contribution < 1.29 is 14.3 Å². The molecule has 2 rings (SSSR count). The molecule has 0 fully saturated rings. The van der Waals surface area contributed by atoms with Gasteiger partial charge < -0.3 is 15.8 Å². The normalized spacial score (nSPS) is 18.8. The molecule has 1 heterocycles. The van der Waals surface area contributed by atoms with E-state index < -0.39 is 17.9 Å². The predicted octanol–water partition coefficient (Wildman–Crippen LogP) is 0.146. The molecule has 2 amide bonds. The fraction of sp³-hybridized carbons (Fsp3) is 0.308. The van der Waals surface area contributed by atoms with Crippen LogP contribution in [-0.4, -0.2) is 30.3 Å². The Labute approximate surface area is 110 Å². The highest BCUT2D eigenvalue weighted by Gasteiger charge is 2.27. The summed E-state index contributed by atoms with van der Waals surface area (Å²) in [4.78, 5) is 26.3. The number of ether oxygens (including phenoxy) is 1. The molecule has 6 nitrogen and oxygen atoms in total. The summed E-state index contributed by atoms with van der Waals surface area (Å²) in [7, 11) is 0. The molecule has 0 saturated carbocycles. The summed E-state index contributed by atoms with van der Waals surface area (Å²) in [5.74, 6) is -0.102. The zero-order chi connectivity index (χ0) is 13.8. The van der Waals surface area contributed by atoms with E-state index in [0.29, 0.717) is 18.9 Å². The van der Waals surface area contributed by atoms with Crippen molar-refractivity contribution >= 4 is 17.6 Å². The molecule has 1 aliphatic heterocycles. The second kappa shape index (κ2) is 5.62. The summed E-state index contributed by atoms with van der Waals surface area (Å²) in [5.41, 5.74) is 6.42. The molecule has 6 heteroatoms. The summed E-state index contributed by atoms with van der Waals surface area (Å²) in [6, 6.07) is 6.42. The van der Waals surface area contributed by atoms with Crippen molar-refractivity contribution in [2.45, 2.75) is 19.4 Å². The lowest BCUT2D eigenvalue weighted by Gasteiger charge is -2.17. The van der Waals surface area contributed by atoms with E-state index in [4.69, 9.17) is 10.5 Å². The Kier molecular flexibility index (Phi) is 3.91. The maximum absolute atomic E-state index is 11.3. The molecule has 0 spiro atoms. The Morgan fingerprint density at radius 2 is 2.21 bits per heavy atom. The highest BCUT2D eigenvalue weighted by molar-refractivity contribution is 6.18. The van der Waals surface area contributed by atoms with Crippen molar-refractivity contribution in [1.82, 2.24) is 5.32 Å². The van der Waals surface area contributed by atoms with Gasteiger partial charge in [-0.25, -0.2) is 0 Å². The number of amidine groups is 1. The molecule has 0 radical (unpaired) electrons. The average Bonchev–Trinajstić information content (AvgIpc) is 2.36. The molecule has 3 N–H and O–H groups in total. The van der Waals surface area contributed by atoms with E-state index in [-0.39, 0.29) is 0 Å². The number of carbonyl (C=O) groups is 2. The van der Waals surface area contributed by atoms with Gasteiger partial charge in [0.05, 0.1) is 6.61 Å². The SMILES string of the molecule is Cc1cccc(OCCC2=NC(=O)C(N)C(=O)N2)c1. The number of carbonyl (C=O) groups excluding carboxylic acids is 2. The van der Waals surface area contributed by atoms with Crippen LogP contribution in [0.1, 0.15) is 12.0 Å². The van der Waals surface area contributed by atoms with Crippen LogP contribution in [0.2, 0.25) is 0 Å². The molecule has 0 bridgehead atoms. The van der Waals surface area contributed by atoms with Crippen LogP contribution in [0.4, 0.5) is 0 Å². The zero-order valence-corrected chi connectivity index (χ0v) is 10.6. The number of nitrogens with two attached hydrogens (primary N) is 1.